The molecule has 0 bridgehead atoms. The zero-order valence-corrected chi connectivity index (χ0v) is 22.6. The summed E-state index contributed by atoms with van der Waals surface area (Å²) in [6.07, 6.45) is 3.02. The number of nitrogens with zero attached hydrogens (tertiary/aromatic N) is 2. The van der Waals surface area contributed by atoms with Crippen molar-refractivity contribution in [2.24, 2.45) is 5.41 Å². The van der Waals surface area contributed by atoms with Gasteiger partial charge < -0.3 is 26.1 Å². The third-order valence-corrected chi connectivity index (χ3v) is 8.77. The van der Waals surface area contributed by atoms with Crippen molar-refractivity contribution in [2.45, 2.75) is 25.5 Å². The van der Waals surface area contributed by atoms with Crippen molar-refractivity contribution in [3.63, 3.8) is 0 Å². The number of carbonyl (C=O) groups excluding carboxylic acids is 1. The van der Waals surface area contributed by atoms with Gasteiger partial charge in [-0.15, -0.1) is 0 Å². The maximum atomic E-state index is 14.1. The molecule has 9 nitrogen and oxygen atoms in total. The smallest absolute Gasteiger partial charge is 0.293 e. The summed E-state index contributed by atoms with van der Waals surface area (Å²) in [5.41, 5.74) is 6.71. The van der Waals surface area contributed by atoms with Crippen molar-refractivity contribution in [1.82, 2.24) is 9.21 Å². The largest absolute Gasteiger partial charge is 0.486 e. The average Bonchev–Trinajstić information content (AvgIpc) is 3.61. The van der Waals surface area contributed by atoms with Gasteiger partial charge in [0.25, 0.3) is 5.91 Å². The number of amides is 1. The van der Waals surface area contributed by atoms with Crippen LogP contribution in [0, 0.1) is 16.6 Å². The predicted octanol–water partition coefficient (Wildman–Crippen LogP) is 3.83. The molecule has 0 unspecified atom stereocenters. The van der Waals surface area contributed by atoms with Crippen LogP contribution in [-0.2, 0) is 25.3 Å². The van der Waals surface area contributed by atoms with Gasteiger partial charge in [0.1, 0.15) is 11.5 Å². The second-order valence-electron chi connectivity index (χ2n) is 9.92. The Morgan fingerprint density at radius 3 is 2.55 bits per heavy atom. The summed E-state index contributed by atoms with van der Waals surface area (Å²) in [6.45, 7) is 3.03. The molecule has 2 fully saturated rings. The second kappa shape index (κ2) is 11.3. The first-order valence-electron chi connectivity index (χ1n) is 12.2. The fourth-order valence-corrected chi connectivity index (χ4v) is 5.82. The Morgan fingerprint density at radius 1 is 1.21 bits per heavy atom. The van der Waals surface area contributed by atoms with Gasteiger partial charge in [-0.3, -0.25) is 4.79 Å². The van der Waals surface area contributed by atoms with Crippen molar-refractivity contribution < 1.29 is 22.3 Å². The van der Waals surface area contributed by atoms with E-state index in [1.165, 1.54) is 16.4 Å². The average molecular weight is 564 g/mol. The highest BCUT2D eigenvalue weighted by Gasteiger charge is 2.39. The number of sulfonamides is 1. The van der Waals surface area contributed by atoms with Crippen molar-refractivity contribution >= 4 is 45.1 Å². The Morgan fingerprint density at radius 2 is 1.92 bits per heavy atom. The van der Waals surface area contributed by atoms with Gasteiger partial charge >= 0.3 is 0 Å². The van der Waals surface area contributed by atoms with Crippen molar-refractivity contribution in [1.29, 1.82) is 5.41 Å². The van der Waals surface area contributed by atoms with Crippen LogP contribution in [0.15, 0.2) is 53.9 Å². The van der Waals surface area contributed by atoms with Crippen molar-refractivity contribution in [2.75, 3.05) is 43.8 Å². The Bertz CT molecular complexity index is 1360. The van der Waals surface area contributed by atoms with Crippen LogP contribution in [0.5, 0.6) is 0 Å². The molecule has 1 saturated carbocycles. The minimum absolute atomic E-state index is 0.00811. The monoisotopic (exact) mass is 563 g/mol. The molecule has 0 spiro atoms. The highest BCUT2D eigenvalue weighted by molar-refractivity contribution is 7.88. The quantitative estimate of drug-likeness (QED) is 0.174. The molecule has 0 aromatic heterocycles. The van der Waals surface area contributed by atoms with Gasteiger partial charge in [-0.25, -0.2) is 12.8 Å². The van der Waals surface area contributed by atoms with E-state index in [4.69, 9.17) is 27.5 Å². The number of nitrogen functional groups attached to an aromatic ring is 1. The number of hydrogen-bond acceptors (Lipinski definition) is 7. The van der Waals surface area contributed by atoms with E-state index < -0.39 is 27.5 Å². The van der Waals surface area contributed by atoms with E-state index in [0.717, 1.165) is 25.1 Å². The Kier molecular flexibility index (Phi) is 8.29. The van der Waals surface area contributed by atoms with Crippen molar-refractivity contribution in [3.05, 3.63) is 70.3 Å². The van der Waals surface area contributed by atoms with Crippen LogP contribution in [0.3, 0.4) is 0 Å². The molecule has 204 valence electrons. The summed E-state index contributed by atoms with van der Waals surface area (Å²) in [4.78, 5) is 15.0. The number of nitrogens with one attached hydrogen (secondary N) is 2. The number of allylic oxidation sites excluding steroid dienone is 1. The molecule has 1 saturated heterocycles. The minimum atomic E-state index is -3.82. The number of hydrogen-bond donors (Lipinski definition) is 3. The number of piperazine rings is 1. The van der Waals surface area contributed by atoms with Crippen LogP contribution >= 0.6 is 11.6 Å². The zero-order valence-electron chi connectivity index (χ0n) is 21.0. The first kappa shape index (κ1) is 27.9. The van der Waals surface area contributed by atoms with Crippen LogP contribution in [0.1, 0.15) is 25.3 Å². The van der Waals surface area contributed by atoms with E-state index in [9.17, 15) is 17.6 Å². The maximum absolute atomic E-state index is 14.1. The van der Waals surface area contributed by atoms with Crippen molar-refractivity contribution in [3.8, 4) is 0 Å². The molecule has 38 heavy (non-hydrogen) atoms. The van der Waals surface area contributed by atoms with Crippen LogP contribution in [0.2, 0.25) is 5.02 Å². The molecule has 0 atom stereocenters. The number of carbonyl (C=O) groups is 1. The molecule has 2 aromatic rings. The standard InChI is InChI=1S/C26H31ClFN5O4S/c1-26(7-8-26)17-37-24(25(34)31-21-4-2-3-19(27)14-21)23(15-29)32-9-11-33(12-10-32)38(35,36)16-18-13-20(30)5-6-22(18)28/h2-6,13-15,29H,7-12,16-17,30H2,1H3,(H,31,34). The maximum Gasteiger partial charge on any atom is 0.293 e. The molecule has 4 rings (SSSR count). The van der Waals surface area contributed by atoms with Gasteiger partial charge in [0.05, 0.1) is 12.4 Å². The van der Waals surface area contributed by atoms with Gasteiger partial charge in [-0.2, -0.15) is 4.31 Å². The van der Waals surface area contributed by atoms with Crippen LogP contribution < -0.4 is 11.1 Å². The van der Waals surface area contributed by atoms with Crippen LogP contribution in [0.4, 0.5) is 15.8 Å². The summed E-state index contributed by atoms with van der Waals surface area (Å²) in [5.74, 6) is -1.67. The normalized spacial score (nSPS) is 17.9. The van der Waals surface area contributed by atoms with Gasteiger partial charge in [-0.05, 0) is 49.2 Å². The predicted molar refractivity (Wildman–Crippen MR) is 146 cm³/mol. The molecule has 0 radical (unpaired) electrons. The van der Waals surface area contributed by atoms with Gasteiger partial charge in [-0.1, -0.05) is 24.6 Å². The summed E-state index contributed by atoms with van der Waals surface area (Å²) in [7, 11) is -3.82. The van der Waals surface area contributed by atoms with Gasteiger partial charge in [0.2, 0.25) is 15.8 Å². The molecule has 2 aliphatic rings. The molecular formula is C26H31ClFN5O4S. The lowest BCUT2D eigenvalue weighted by Crippen LogP contribution is -2.49. The lowest BCUT2D eigenvalue weighted by atomic mass is 10.2. The molecule has 1 heterocycles. The summed E-state index contributed by atoms with van der Waals surface area (Å²) in [5, 5.41) is 11.3. The van der Waals surface area contributed by atoms with E-state index in [1.807, 2.05) is 0 Å². The lowest BCUT2D eigenvalue weighted by Gasteiger charge is -2.36. The van der Waals surface area contributed by atoms with Crippen LogP contribution in [0.25, 0.3) is 0 Å². The third-order valence-electron chi connectivity index (χ3n) is 6.71. The number of rotatable bonds is 10. The Labute approximate surface area is 226 Å². The molecule has 1 amide bonds. The molecule has 1 aliphatic heterocycles. The summed E-state index contributed by atoms with van der Waals surface area (Å²) in [6, 6.07) is 10.5. The highest BCUT2D eigenvalue weighted by atomic mass is 35.5. The van der Waals surface area contributed by atoms with Crippen LogP contribution in [-0.4, -0.2) is 62.5 Å². The van der Waals surface area contributed by atoms with E-state index in [2.05, 4.69) is 12.2 Å². The van der Waals surface area contributed by atoms with E-state index in [1.54, 1.807) is 29.2 Å². The lowest BCUT2D eigenvalue weighted by molar-refractivity contribution is -0.116. The van der Waals surface area contributed by atoms with E-state index in [0.29, 0.717) is 17.3 Å². The van der Waals surface area contributed by atoms with Gasteiger partial charge in [0.15, 0.2) is 0 Å². The number of ether oxygens (including phenoxy) is 1. The fourth-order valence-electron chi connectivity index (χ4n) is 4.11. The molecular weight excluding hydrogens is 533 g/mol. The molecule has 4 N–H and O–H groups in total. The second-order valence-corrected chi connectivity index (χ2v) is 12.3. The molecule has 1 aliphatic carbocycles. The third kappa shape index (κ3) is 6.83. The number of anilines is 2. The Balaban J connectivity index is 1.50. The van der Waals surface area contributed by atoms with Gasteiger partial charge in [0, 0.05) is 59.8 Å². The summed E-state index contributed by atoms with van der Waals surface area (Å²) < 4.78 is 47.4. The zero-order chi connectivity index (χ0) is 27.5. The fraction of sp³-hybridized carbons (Fsp3) is 0.385. The summed E-state index contributed by atoms with van der Waals surface area (Å²) >= 11 is 6.05. The highest BCUT2D eigenvalue weighted by Crippen LogP contribution is 2.45. The molecule has 2 aromatic carbocycles. The van der Waals surface area contributed by atoms with E-state index >= 15 is 0 Å². The number of halogens is 2. The first-order chi connectivity index (χ1) is 18.0. The SMILES string of the molecule is CC1(COC(C(=O)Nc2cccc(Cl)c2)=C(C=N)N2CCN(S(=O)(=O)Cc3cc(N)ccc3F)CC2)CC1. The Hall–Kier alpha value is -3.15. The number of benzene rings is 2. The first-order valence-corrected chi connectivity index (χ1v) is 14.2. The van der Waals surface area contributed by atoms with E-state index in [-0.39, 0.29) is 54.3 Å². The number of nitrogens with two attached hydrogens (primary N) is 1. The topological polar surface area (TPSA) is 129 Å². The molecule has 12 heteroatoms. The minimum Gasteiger partial charge on any atom is -0.486 e.